The normalized spacial score (nSPS) is 17.4. The molecule has 0 aromatic heterocycles. The highest BCUT2D eigenvalue weighted by Crippen LogP contribution is 2.32. The Morgan fingerprint density at radius 1 is 1.36 bits per heavy atom. The molecule has 2 rings (SSSR count). The van der Waals surface area contributed by atoms with E-state index in [-0.39, 0.29) is 0 Å². The Kier molecular flexibility index (Phi) is 1.32. The topological polar surface area (TPSA) is 21.3 Å². The molecule has 1 aliphatic heterocycles. The molecule has 0 atom stereocenters. The number of hydrogen-bond donors (Lipinski definition) is 1. The maximum Gasteiger partial charge on any atom is 0.193 e. The Balaban J connectivity index is 2.41. The summed E-state index contributed by atoms with van der Waals surface area (Å²) >= 11 is 0. The molecule has 0 saturated heterocycles. The first-order chi connectivity index (χ1) is 5.40. The third-order valence-corrected chi connectivity index (χ3v) is 1.63. The zero-order valence-corrected chi connectivity index (χ0v) is 6.29. The minimum absolute atomic E-state index is 0.811. The maximum atomic E-state index is 5.41. The summed E-state index contributed by atoms with van der Waals surface area (Å²) in [4.78, 5) is 0. The quantitative estimate of drug-likeness (QED) is 0.608. The minimum Gasteiger partial charge on any atom is -0.439 e. The van der Waals surface area contributed by atoms with Gasteiger partial charge in [0.05, 0.1) is 5.69 Å². The van der Waals surface area contributed by atoms with Crippen LogP contribution in [0.25, 0.3) is 0 Å². The van der Waals surface area contributed by atoms with E-state index in [1.165, 1.54) is 0 Å². The molecule has 0 aliphatic carbocycles. The molecule has 0 saturated carbocycles. The molecule has 1 aromatic rings. The molecule has 56 valence electrons. The van der Waals surface area contributed by atoms with Crippen LogP contribution in [0.3, 0.4) is 0 Å². The molecule has 2 heteroatoms. The number of para-hydroxylation sites is 2. The van der Waals surface area contributed by atoms with Gasteiger partial charge in [0.1, 0.15) is 0 Å². The maximum absolute atomic E-state index is 5.41. The van der Waals surface area contributed by atoms with E-state index in [1.54, 1.807) is 0 Å². The van der Waals surface area contributed by atoms with Crippen molar-refractivity contribution in [3.05, 3.63) is 36.2 Å². The molecule has 0 radical (unpaired) electrons. The summed E-state index contributed by atoms with van der Waals surface area (Å²) in [5, 5.41) is 3.12. The van der Waals surface area contributed by atoms with E-state index in [9.17, 15) is 0 Å². The molecule has 11 heavy (non-hydrogen) atoms. The van der Waals surface area contributed by atoms with Crippen LogP contribution < -0.4 is 10.1 Å². The number of allylic oxidation sites excluding steroid dienone is 1. The van der Waals surface area contributed by atoms with Crippen LogP contribution >= 0.6 is 0 Å². The van der Waals surface area contributed by atoms with E-state index < -0.39 is 0 Å². The zero-order valence-electron chi connectivity index (χ0n) is 6.29. The van der Waals surface area contributed by atoms with Gasteiger partial charge in [-0.05, 0) is 25.1 Å². The van der Waals surface area contributed by atoms with Gasteiger partial charge in [-0.1, -0.05) is 12.1 Å². The molecule has 0 spiro atoms. The summed E-state index contributed by atoms with van der Waals surface area (Å²) in [5.41, 5.74) is 1.04. The van der Waals surface area contributed by atoms with Crippen molar-refractivity contribution in [1.29, 1.82) is 0 Å². The highest BCUT2D eigenvalue weighted by Gasteiger charge is 2.13. The first-order valence-corrected chi connectivity index (χ1v) is 3.60. The van der Waals surface area contributed by atoms with E-state index in [0.29, 0.717) is 0 Å². The van der Waals surface area contributed by atoms with Gasteiger partial charge in [0.15, 0.2) is 11.6 Å². The van der Waals surface area contributed by atoms with Crippen LogP contribution in [0.4, 0.5) is 5.69 Å². The van der Waals surface area contributed by atoms with Crippen molar-refractivity contribution in [2.75, 3.05) is 5.32 Å². The summed E-state index contributed by atoms with van der Waals surface area (Å²) < 4.78 is 5.41. The van der Waals surface area contributed by atoms with Crippen LogP contribution in [0.2, 0.25) is 0 Å². The van der Waals surface area contributed by atoms with Crippen molar-refractivity contribution in [2.45, 2.75) is 6.92 Å². The van der Waals surface area contributed by atoms with Gasteiger partial charge in [0.2, 0.25) is 0 Å². The molecule has 1 N–H and O–H groups in total. The van der Waals surface area contributed by atoms with Gasteiger partial charge in [-0.15, -0.1) is 0 Å². The van der Waals surface area contributed by atoms with Crippen molar-refractivity contribution in [1.82, 2.24) is 0 Å². The van der Waals surface area contributed by atoms with Gasteiger partial charge >= 0.3 is 0 Å². The number of fused-ring (bicyclic) bond motifs is 1. The van der Waals surface area contributed by atoms with Crippen LogP contribution in [-0.4, -0.2) is 0 Å². The second-order valence-electron chi connectivity index (χ2n) is 2.38. The number of nitrogens with one attached hydrogen (secondary N) is 1. The molecule has 0 amide bonds. The average Bonchev–Trinajstić information content (AvgIpc) is 2.46. The van der Waals surface area contributed by atoms with Crippen molar-refractivity contribution < 1.29 is 4.74 Å². The predicted octanol–water partition coefficient (Wildman–Crippen LogP) is 2.35. The fraction of sp³-hybridized carbons (Fsp3) is 0.111. The van der Waals surface area contributed by atoms with Crippen LogP contribution in [0.1, 0.15) is 6.92 Å². The SMILES string of the molecule is C/C=C1\Nc2ccccc2O1. The Morgan fingerprint density at radius 3 is 2.91 bits per heavy atom. The van der Waals surface area contributed by atoms with Crippen LogP contribution in [0.15, 0.2) is 36.2 Å². The van der Waals surface area contributed by atoms with E-state index in [2.05, 4.69) is 5.32 Å². The van der Waals surface area contributed by atoms with Crippen LogP contribution in [0, 0.1) is 0 Å². The molecule has 2 nitrogen and oxygen atoms in total. The molecule has 0 bridgehead atoms. The number of hydrogen-bond acceptors (Lipinski definition) is 2. The van der Waals surface area contributed by atoms with Gasteiger partial charge in [-0.25, -0.2) is 0 Å². The lowest BCUT2D eigenvalue weighted by molar-refractivity contribution is 0.456. The molecule has 0 unspecified atom stereocenters. The standard InChI is InChI=1S/C9H9NO/c1-2-9-10-7-5-3-4-6-8(7)11-9/h2-6,10H,1H3/b9-2+. The lowest BCUT2D eigenvalue weighted by Gasteiger charge is -1.93. The van der Waals surface area contributed by atoms with Crippen molar-refractivity contribution in [3.63, 3.8) is 0 Å². The van der Waals surface area contributed by atoms with Crippen LogP contribution in [-0.2, 0) is 0 Å². The zero-order chi connectivity index (χ0) is 7.68. The first kappa shape index (κ1) is 6.28. The largest absolute Gasteiger partial charge is 0.439 e. The Hall–Kier alpha value is -1.44. The number of benzene rings is 1. The molecule has 1 aliphatic rings. The van der Waals surface area contributed by atoms with Gasteiger partial charge < -0.3 is 10.1 Å². The molecule has 0 fully saturated rings. The minimum atomic E-state index is 0.811. The third-order valence-electron chi connectivity index (χ3n) is 1.63. The van der Waals surface area contributed by atoms with Gasteiger partial charge in [-0.3, -0.25) is 0 Å². The number of ether oxygens (including phenoxy) is 1. The summed E-state index contributed by atoms with van der Waals surface area (Å²) in [6.07, 6.45) is 1.90. The Bertz CT molecular complexity index is 277. The van der Waals surface area contributed by atoms with E-state index in [1.807, 2.05) is 37.3 Å². The molecule has 1 heterocycles. The van der Waals surface area contributed by atoms with Crippen LogP contribution in [0.5, 0.6) is 5.75 Å². The summed E-state index contributed by atoms with van der Waals surface area (Å²) in [6, 6.07) is 7.87. The van der Waals surface area contributed by atoms with Crippen molar-refractivity contribution in [2.24, 2.45) is 0 Å². The molecular formula is C9H9NO. The Labute approximate surface area is 65.5 Å². The number of rotatable bonds is 0. The van der Waals surface area contributed by atoms with Gasteiger partial charge in [-0.2, -0.15) is 0 Å². The van der Waals surface area contributed by atoms with E-state index >= 15 is 0 Å². The third kappa shape index (κ3) is 0.963. The fourth-order valence-electron chi connectivity index (χ4n) is 1.07. The van der Waals surface area contributed by atoms with E-state index in [4.69, 9.17) is 4.74 Å². The van der Waals surface area contributed by atoms with Crippen molar-refractivity contribution in [3.8, 4) is 5.75 Å². The second kappa shape index (κ2) is 2.31. The second-order valence-corrected chi connectivity index (χ2v) is 2.38. The summed E-state index contributed by atoms with van der Waals surface area (Å²) in [6.45, 7) is 1.94. The van der Waals surface area contributed by atoms with E-state index in [0.717, 1.165) is 17.3 Å². The summed E-state index contributed by atoms with van der Waals surface area (Å²) in [5.74, 6) is 1.71. The Morgan fingerprint density at radius 2 is 2.18 bits per heavy atom. The lowest BCUT2D eigenvalue weighted by Crippen LogP contribution is -1.94. The average molecular weight is 147 g/mol. The number of anilines is 1. The van der Waals surface area contributed by atoms with Crippen molar-refractivity contribution >= 4 is 5.69 Å². The highest BCUT2D eigenvalue weighted by atomic mass is 16.5. The highest BCUT2D eigenvalue weighted by molar-refractivity contribution is 5.63. The molecular weight excluding hydrogens is 138 g/mol. The smallest absolute Gasteiger partial charge is 0.193 e. The fourth-order valence-corrected chi connectivity index (χ4v) is 1.07. The predicted molar refractivity (Wildman–Crippen MR) is 44.4 cm³/mol. The summed E-state index contributed by atoms with van der Waals surface area (Å²) in [7, 11) is 0. The monoisotopic (exact) mass is 147 g/mol. The molecule has 1 aromatic carbocycles. The first-order valence-electron chi connectivity index (χ1n) is 3.60. The van der Waals surface area contributed by atoms with Gasteiger partial charge in [0.25, 0.3) is 0 Å². The lowest BCUT2D eigenvalue weighted by atomic mass is 10.3. The van der Waals surface area contributed by atoms with Gasteiger partial charge in [0, 0.05) is 0 Å².